The number of ether oxygens (including phenoxy) is 2. The van der Waals surface area contributed by atoms with E-state index in [1.54, 1.807) is 14.2 Å². The number of Topliss-reactive ketones (excluding diaryl/α,β-unsaturated/α-hetero) is 1. The summed E-state index contributed by atoms with van der Waals surface area (Å²) in [6.45, 7) is 4.35. The van der Waals surface area contributed by atoms with Crippen molar-refractivity contribution in [1.82, 2.24) is 14.8 Å². The molecule has 1 aliphatic heterocycles. The highest BCUT2D eigenvalue weighted by atomic mass is 16.5. The number of aromatic nitrogens is 3. The van der Waals surface area contributed by atoms with Crippen LogP contribution < -0.4 is 14.8 Å². The van der Waals surface area contributed by atoms with E-state index < -0.39 is 0 Å². The predicted molar refractivity (Wildman–Crippen MR) is 126 cm³/mol. The van der Waals surface area contributed by atoms with Crippen molar-refractivity contribution in [2.24, 2.45) is 0 Å². The highest BCUT2D eigenvalue weighted by Gasteiger charge is 2.39. The van der Waals surface area contributed by atoms with Gasteiger partial charge in [0.2, 0.25) is 5.95 Å². The topological polar surface area (TPSA) is 78.3 Å². The summed E-state index contributed by atoms with van der Waals surface area (Å²) in [6.07, 6.45) is 2.63. The van der Waals surface area contributed by atoms with Gasteiger partial charge in [-0.3, -0.25) is 4.79 Å². The van der Waals surface area contributed by atoms with Gasteiger partial charge in [0.05, 0.1) is 14.2 Å². The van der Waals surface area contributed by atoms with E-state index >= 15 is 0 Å². The van der Waals surface area contributed by atoms with E-state index in [1.807, 2.05) is 22.9 Å². The number of carbonyl (C=O) groups is 1. The van der Waals surface area contributed by atoms with Gasteiger partial charge in [-0.05, 0) is 35.1 Å². The predicted octanol–water partition coefficient (Wildman–Crippen LogP) is 4.83. The quantitative estimate of drug-likeness (QED) is 0.607. The highest BCUT2D eigenvalue weighted by Crippen LogP contribution is 2.45. The van der Waals surface area contributed by atoms with Crippen LogP contribution in [0.3, 0.4) is 0 Å². The number of anilines is 1. The lowest BCUT2D eigenvalue weighted by Gasteiger charge is -2.35. The van der Waals surface area contributed by atoms with Crippen molar-refractivity contribution < 1.29 is 14.3 Å². The van der Waals surface area contributed by atoms with Crippen LogP contribution >= 0.6 is 0 Å². The van der Waals surface area contributed by atoms with Crippen molar-refractivity contribution in [1.29, 1.82) is 0 Å². The highest BCUT2D eigenvalue weighted by molar-refractivity contribution is 6.00. The lowest BCUT2D eigenvalue weighted by Crippen LogP contribution is -2.33. The molecule has 33 heavy (non-hydrogen) atoms. The van der Waals surface area contributed by atoms with E-state index in [9.17, 15) is 4.79 Å². The maximum Gasteiger partial charge on any atom is 0.226 e. The Hall–Kier alpha value is -3.61. The van der Waals surface area contributed by atoms with Gasteiger partial charge in [0, 0.05) is 29.7 Å². The van der Waals surface area contributed by atoms with Crippen LogP contribution in [0.15, 0.2) is 60.1 Å². The van der Waals surface area contributed by atoms with Crippen molar-refractivity contribution in [2.45, 2.75) is 44.6 Å². The molecule has 3 aromatic rings. The van der Waals surface area contributed by atoms with E-state index in [2.05, 4.69) is 53.5 Å². The Balaban J connectivity index is 1.55. The maximum atomic E-state index is 13.6. The molecule has 7 nitrogen and oxygen atoms in total. The number of ketones is 1. The van der Waals surface area contributed by atoms with Crippen LogP contribution in [0.2, 0.25) is 0 Å². The molecule has 2 heterocycles. The van der Waals surface area contributed by atoms with E-state index in [-0.39, 0.29) is 17.7 Å². The van der Waals surface area contributed by atoms with Crippen molar-refractivity contribution in [3.63, 3.8) is 0 Å². The summed E-state index contributed by atoms with van der Waals surface area (Å²) in [5.74, 6) is 2.68. The lowest BCUT2D eigenvalue weighted by molar-refractivity contribution is -0.116. The Morgan fingerprint density at radius 1 is 1.06 bits per heavy atom. The minimum absolute atomic E-state index is 0.00282. The molecule has 0 saturated heterocycles. The van der Waals surface area contributed by atoms with Gasteiger partial charge in [0.1, 0.15) is 23.9 Å². The zero-order valence-electron chi connectivity index (χ0n) is 19.3. The number of methoxy groups -OCH3 is 2. The number of allylic oxidation sites excluding steroid dienone is 2. The second-order valence-electron chi connectivity index (χ2n) is 8.91. The Kier molecular flexibility index (Phi) is 5.40. The van der Waals surface area contributed by atoms with Crippen LogP contribution in [-0.2, 0) is 4.79 Å². The molecule has 1 aromatic heterocycles. The summed E-state index contributed by atoms with van der Waals surface area (Å²) in [4.78, 5) is 18.0. The lowest BCUT2D eigenvalue weighted by atomic mass is 9.77. The smallest absolute Gasteiger partial charge is 0.226 e. The third-order valence-corrected chi connectivity index (χ3v) is 6.66. The molecule has 1 N–H and O–H groups in total. The largest absolute Gasteiger partial charge is 0.497 e. The first kappa shape index (κ1) is 21.2. The minimum Gasteiger partial charge on any atom is -0.497 e. The summed E-state index contributed by atoms with van der Waals surface area (Å²) in [5.41, 5.74) is 4.99. The van der Waals surface area contributed by atoms with Crippen molar-refractivity contribution >= 4 is 11.7 Å². The third-order valence-electron chi connectivity index (χ3n) is 6.66. The van der Waals surface area contributed by atoms with E-state index in [0.717, 1.165) is 33.9 Å². The summed E-state index contributed by atoms with van der Waals surface area (Å²) < 4.78 is 12.8. The molecule has 7 heteroatoms. The number of carbonyl (C=O) groups excluding carboxylic acids is 1. The Morgan fingerprint density at radius 3 is 2.55 bits per heavy atom. The average molecular weight is 445 g/mol. The molecule has 0 radical (unpaired) electrons. The number of hydrogen-bond donors (Lipinski definition) is 1. The summed E-state index contributed by atoms with van der Waals surface area (Å²) in [6, 6.07) is 14.0. The molecule has 0 unspecified atom stereocenters. The van der Waals surface area contributed by atoms with Gasteiger partial charge in [-0.15, -0.1) is 0 Å². The molecule has 0 amide bonds. The Bertz CT molecular complexity index is 1230. The van der Waals surface area contributed by atoms with Crippen LogP contribution in [-0.4, -0.2) is 34.8 Å². The SMILES string of the molecule is COc1ccc([C@H]2CC(=O)C3=C(C2)Nc2ncnn2[C@H]3c2ccc(C(C)C)cc2)c(OC)c1. The zero-order chi connectivity index (χ0) is 23.1. The molecule has 0 fully saturated rings. The molecule has 170 valence electrons. The van der Waals surface area contributed by atoms with Gasteiger partial charge in [0.25, 0.3) is 0 Å². The molecule has 0 saturated carbocycles. The van der Waals surface area contributed by atoms with Gasteiger partial charge < -0.3 is 14.8 Å². The number of nitrogens with one attached hydrogen (secondary N) is 1. The van der Waals surface area contributed by atoms with Crippen LogP contribution in [0.1, 0.15) is 61.3 Å². The molecule has 0 spiro atoms. The summed E-state index contributed by atoms with van der Waals surface area (Å²) >= 11 is 0. The zero-order valence-corrected chi connectivity index (χ0v) is 19.3. The molecule has 0 bridgehead atoms. The molecular weight excluding hydrogens is 416 g/mol. The fraction of sp³-hybridized carbons (Fsp3) is 0.346. The van der Waals surface area contributed by atoms with E-state index in [4.69, 9.17) is 9.47 Å². The summed E-state index contributed by atoms with van der Waals surface area (Å²) in [7, 11) is 3.28. The van der Waals surface area contributed by atoms with E-state index in [1.165, 1.54) is 11.9 Å². The molecule has 2 atom stereocenters. The van der Waals surface area contributed by atoms with Crippen LogP contribution in [0, 0.1) is 0 Å². The Labute approximate surface area is 193 Å². The first-order chi connectivity index (χ1) is 16.0. The normalized spacial score (nSPS) is 19.7. The van der Waals surface area contributed by atoms with Crippen molar-refractivity contribution in [2.75, 3.05) is 19.5 Å². The second kappa shape index (κ2) is 8.39. The summed E-state index contributed by atoms with van der Waals surface area (Å²) in [5, 5.41) is 7.83. The first-order valence-electron chi connectivity index (χ1n) is 11.2. The van der Waals surface area contributed by atoms with Gasteiger partial charge in [-0.1, -0.05) is 44.2 Å². The number of fused-ring (bicyclic) bond motifs is 1. The van der Waals surface area contributed by atoms with Gasteiger partial charge in [-0.2, -0.15) is 10.1 Å². The fourth-order valence-corrected chi connectivity index (χ4v) is 4.90. The molecule has 2 aliphatic rings. The maximum absolute atomic E-state index is 13.6. The average Bonchev–Trinajstić information content (AvgIpc) is 3.30. The number of benzene rings is 2. The van der Waals surface area contributed by atoms with Gasteiger partial charge in [0.15, 0.2) is 5.78 Å². The molecule has 2 aromatic carbocycles. The third kappa shape index (κ3) is 3.67. The van der Waals surface area contributed by atoms with Gasteiger partial charge in [-0.25, -0.2) is 4.68 Å². The molecule has 1 aliphatic carbocycles. The number of hydrogen-bond acceptors (Lipinski definition) is 6. The number of nitrogens with zero attached hydrogens (tertiary/aromatic N) is 3. The molecule has 5 rings (SSSR count). The molecular formula is C26H28N4O3. The minimum atomic E-state index is -0.286. The second-order valence-corrected chi connectivity index (χ2v) is 8.91. The van der Waals surface area contributed by atoms with E-state index in [0.29, 0.717) is 24.7 Å². The van der Waals surface area contributed by atoms with Crippen LogP contribution in [0.4, 0.5) is 5.95 Å². The number of rotatable bonds is 5. The van der Waals surface area contributed by atoms with Crippen molar-refractivity contribution in [3.8, 4) is 11.5 Å². The van der Waals surface area contributed by atoms with Gasteiger partial charge >= 0.3 is 0 Å². The monoisotopic (exact) mass is 444 g/mol. The standard InChI is InChI=1S/C26H28N4O3/c1-15(2)16-5-7-17(8-6-16)25-24-21(29-26-27-14-28-30(25)26)11-18(12-22(24)31)20-10-9-19(32-3)13-23(20)33-4/h5-10,13-15,18,25H,11-12H2,1-4H3,(H,27,28,29)/t18-,25+/m1/s1. The fourth-order valence-electron chi connectivity index (χ4n) is 4.90. The Morgan fingerprint density at radius 2 is 1.85 bits per heavy atom. The van der Waals surface area contributed by atoms with Crippen molar-refractivity contribution in [3.05, 3.63) is 76.8 Å². The first-order valence-corrected chi connectivity index (χ1v) is 11.2. The van der Waals surface area contributed by atoms with Crippen LogP contribution in [0.25, 0.3) is 0 Å². The van der Waals surface area contributed by atoms with Crippen LogP contribution in [0.5, 0.6) is 11.5 Å².